The Morgan fingerprint density at radius 2 is 1.60 bits per heavy atom. The molecule has 1 unspecified atom stereocenters. The molecular formula is C19H34O5Si. The fourth-order valence-electron chi connectivity index (χ4n) is 2.96. The van der Waals surface area contributed by atoms with Crippen LogP contribution >= 0.6 is 0 Å². The van der Waals surface area contributed by atoms with E-state index in [4.69, 9.17) is 8.85 Å². The molecule has 1 atom stereocenters. The van der Waals surface area contributed by atoms with Gasteiger partial charge in [-0.15, -0.1) is 0 Å². The molecule has 144 valence electrons. The molecular weight excluding hydrogens is 336 g/mol. The first kappa shape index (κ1) is 22.1. The quantitative estimate of drug-likeness (QED) is 0.148. The van der Waals surface area contributed by atoms with Crippen LogP contribution in [-0.4, -0.2) is 34.7 Å². The Morgan fingerprint density at radius 3 is 2.16 bits per heavy atom. The number of unbranched alkanes of at least 4 members (excludes halogenated alkanes) is 7. The van der Waals surface area contributed by atoms with Gasteiger partial charge in [0.1, 0.15) is 0 Å². The molecule has 0 N–H and O–H groups in total. The van der Waals surface area contributed by atoms with Crippen LogP contribution in [0.2, 0.25) is 12.6 Å². The maximum atomic E-state index is 11.3. The average Bonchev–Trinajstić information content (AvgIpc) is 2.93. The van der Waals surface area contributed by atoms with Crippen LogP contribution in [0.5, 0.6) is 0 Å². The highest BCUT2D eigenvalue weighted by atomic mass is 28.4. The number of esters is 2. The Labute approximate surface area is 153 Å². The summed E-state index contributed by atoms with van der Waals surface area (Å²) in [5.41, 5.74) is 0. The summed E-state index contributed by atoms with van der Waals surface area (Å²) in [5, 5.41) is 0. The molecule has 25 heavy (non-hydrogen) atoms. The Kier molecular flexibility index (Phi) is 10.9. The van der Waals surface area contributed by atoms with Crippen LogP contribution in [0.4, 0.5) is 0 Å². The smallest absolute Gasteiger partial charge is 0.334 e. The highest BCUT2D eigenvalue weighted by Gasteiger charge is 2.32. The molecule has 1 heterocycles. The lowest BCUT2D eigenvalue weighted by atomic mass is 10.0. The van der Waals surface area contributed by atoms with Gasteiger partial charge < -0.3 is 13.6 Å². The molecule has 0 saturated carbocycles. The number of carbonyl (C=O) groups is 2. The topological polar surface area (TPSA) is 61.8 Å². The van der Waals surface area contributed by atoms with Crippen LogP contribution in [0.1, 0.15) is 64.2 Å². The summed E-state index contributed by atoms with van der Waals surface area (Å²) in [7, 11) is 1.64. The Bertz CT molecular complexity index is 432. The van der Waals surface area contributed by atoms with Gasteiger partial charge in [-0.1, -0.05) is 50.7 Å². The second-order valence-electron chi connectivity index (χ2n) is 6.96. The molecule has 1 fully saturated rings. The Balaban J connectivity index is 1.90. The summed E-state index contributed by atoms with van der Waals surface area (Å²) in [6.45, 7) is 2.12. The van der Waals surface area contributed by atoms with Gasteiger partial charge in [-0.3, -0.25) is 9.59 Å². The maximum Gasteiger partial charge on any atom is 0.334 e. The van der Waals surface area contributed by atoms with Crippen LogP contribution < -0.4 is 0 Å². The maximum absolute atomic E-state index is 11.3. The number of rotatable bonds is 14. The minimum absolute atomic E-state index is 0.236. The van der Waals surface area contributed by atoms with E-state index in [1.165, 1.54) is 44.9 Å². The molecule has 0 amide bonds. The lowest BCUT2D eigenvalue weighted by Gasteiger charge is -2.22. The monoisotopic (exact) mass is 370 g/mol. The van der Waals surface area contributed by atoms with Crippen molar-refractivity contribution in [3.8, 4) is 0 Å². The molecule has 0 spiro atoms. The van der Waals surface area contributed by atoms with E-state index in [2.05, 4.69) is 17.4 Å². The summed E-state index contributed by atoms with van der Waals surface area (Å²) in [4.78, 5) is 22.3. The molecule has 0 aliphatic carbocycles. The van der Waals surface area contributed by atoms with Crippen LogP contribution in [0.15, 0.2) is 12.2 Å². The number of hydrogen-bond donors (Lipinski definition) is 0. The molecule has 0 aromatic rings. The van der Waals surface area contributed by atoms with Gasteiger partial charge in [0.2, 0.25) is 0 Å². The highest BCUT2D eigenvalue weighted by Crippen LogP contribution is 2.20. The second kappa shape index (κ2) is 12.4. The van der Waals surface area contributed by atoms with Crippen molar-refractivity contribution in [2.24, 2.45) is 5.92 Å². The van der Waals surface area contributed by atoms with E-state index in [-0.39, 0.29) is 24.3 Å². The number of hydrogen-bond acceptors (Lipinski definition) is 5. The first-order valence-electron chi connectivity index (χ1n) is 9.50. The summed E-state index contributed by atoms with van der Waals surface area (Å²) in [5.74, 6) is -1.02. The Hall–Kier alpha value is -0.983. The first-order valence-corrected chi connectivity index (χ1v) is 12.0. The third-order valence-electron chi connectivity index (χ3n) is 4.91. The van der Waals surface area contributed by atoms with Crippen LogP contribution in [0, 0.1) is 5.92 Å². The number of ether oxygens (including phenoxy) is 1. The molecule has 1 aliphatic rings. The zero-order valence-electron chi connectivity index (χ0n) is 16.1. The van der Waals surface area contributed by atoms with Gasteiger partial charge in [0.05, 0.1) is 12.3 Å². The largest absolute Gasteiger partial charge is 0.398 e. The van der Waals surface area contributed by atoms with Crippen molar-refractivity contribution in [2.75, 3.05) is 14.2 Å². The van der Waals surface area contributed by atoms with E-state index in [0.717, 1.165) is 12.5 Å². The van der Waals surface area contributed by atoms with E-state index in [1.807, 2.05) is 6.08 Å². The lowest BCUT2D eigenvalue weighted by Crippen LogP contribution is -2.35. The van der Waals surface area contributed by atoms with E-state index in [1.54, 1.807) is 14.2 Å². The van der Waals surface area contributed by atoms with Gasteiger partial charge in [0.25, 0.3) is 0 Å². The molecule has 6 heteroatoms. The van der Waals surface area contributed by atoms with Crippen molar-refractivity contribution < 1.29 is 23.2 Å². The van der Waals surface area contributed by atoms with Gasteiger partial charge >= 0.3 is 20.5 Å². The third-order valence-corrected chi connectivity index (χ3v) is 7.90. The summed E-state index contributed by atoms with van der Waals surface area (Å²) < 4.78 is 15.5. The zero-order chi connectivity index (χ0) is 18.5. The number of carbonyl (C=O) groups excluding carboxylic acids is 2. The summed E-state index contributed by atoms with van der Waals surface area (Å²) in [6.07, 6.45) is 14.8. The molecule has 1 saturated heterocycles. The third kappa shape index (κ3) is 9.33. The van der Waals surface area contributed by atoms with Gasteiger partial charge in [-0.05, 0) is 31.9 Å². The first-order chi connectivity index (χ1) is 12.0. The van der Waals surface area contributed by atoms with Gasteiger partial charge in [0, 0.05) is 14.2 Å². The van der Waals surface area contributed by atoms with E-state index in [9.17, 15) is 9.59 Å². The normalized spacial score (nSPS) is 18.3. The molecule has 0 aromatic heterocycles. The number of cyclic esters (lactones) is 2. The standard InChI is InChI=1S/C19H34O5Si/c1-22-25(3,23-2)15-13-11-9-7-5-4-6-8-10-12-14-17-16-18(20)24-19(17)21/h10,12,17H,4-9,11,13-16H2,1-3H3. The van der Waals surface area contributed by atoms with Crippen molar-refractivity contribution in [2.45, 2.75) is 76.8 Å². The SMILES string of the molecule is CO[Si](C)(CCCCCCCCCC=CCC1CC(=O)OC1=O)OC. The van der Waals surface area contributed by atoms with E-state index >= 15 is 0 Å². The summed E-state index contributed by atoms with van der Waals surface area (Å²) >= 11 is 0. The zero-order valence-corrected chi connectivity index (χ0v) is 17.1. The van der Waals surface area contributed by atoms with Crippen LogP contribution in [-0.2, 0) is 23.2 Å². The fraction of sp³-hybridized carbons (Fsp3) is 0.789. The molecule has 1 aliphatic heterocycles. The van der Waals surface area contributed by atoms with Crippen molar-refractivity contribution in [3.05, 3.63) is 12.2 Å². The minimum Gasteiger partial charge on any atom is -0.398 e. The Morgan fingerprint density at radius 1 is 1.00 bits per heavy atom. The van der Waals surface area contributed by atoms with E-state index in [0.29, 0.717) is 6.42 Å². The van der Waals surface area contributed by atoms with Crippen molar-refractivity contribution >= 4 is 20.5 Å². The van der Waals surface area contributed by atoms with Gasteiger partial charge in [0.15, 0.2) is 0 Å². The molecule has 0 aromatic carbocycles. The highest BCUT2D eigenvalue weighted by molar-refractivity contribution is 6.65. The van der Waals surface area contributed by atoms with Crippen molar-refractivity contribution in [3.63, 3.8) is 0 Å². The molecule has 5 nitrogen and oxygen atoms in total. The van der Waals surface area contributed by atoms with Crippen molar-refractivity contribution in [1.29, 1.82) is 0 Å². The van der Waals surface area contributed by atoms with Gasteiger partial charge in [-0.2, -0.15) is 0 Å². The molecule has 0 radical (unpaired) electrons. The average molecular weight is 371 g/mol. The second-order valence-corrected chi connectivity index (χ2v) is 10.5. The predicted octanol–water partition coefficient (Wildman–Crippen LogP) is 4.51. The summed E-state index contributed by atoms with van der Waals surface area (Å²) in [6, 6.07) is 1.07. The van der Waals surface area contributed by atoms with Gasteiger partial charge in [-0.25, -0.2) is 0 Å². The number of allylic oxidation sites excluding steroid dienone is 2. The van der Waals surface area contributed by atoms with Crippen molar-refractivity contribution in [1.82, 2.24) is 0 Å². The van der Waals surface area contributed by atoms with Crippen LogP contribution in [0.3, 0.4) is 0 Å². The fourth-order valence-corrected chi connectivity index (χ4v) is 4.43. The predicted molar refractivity (Wildman–Crippen MR) is 100 cm³/mol. The van der Waals surface area contributed by atoms with E-state index < -0.39 is 8.56 Å². The van der Waals surface area contributed by atoms with Crippen LogP contribution in [0.25, 0.3) is 0 Å². The minimum atomic E-state index is -1.86. The molecule has 1 rings (SSSR count). The lowest BCUT2D eigenvalue weighted by molar-refractivity contribution is -0.153. The molecule has 0 bridgehead atoms.